The van der Waals surface area contributed by atoms with Crippen LogP contribution in [0.3, 0.4) is 0 Å². The van der Waals surface area contributed by atoms with Gasteiger partial charge in [-0.3, -0.25) is 10.1 Å². The first kappa shape index (κ1) is 13.4. The molecule has 1 aliphatic rings. The minimum Gasteiger partial charge on any atom is -0.371 e. The van der Waals surface area contributed by atoms with Crippen LogP contribution < -0.4 is 0 Å². The summed E-state index contributed by atoms with van der Waals surface area (Å²) in [7, 11) is 0. The zero-order chi connectivity index (χ0) is 12.2. The summed E-state index contributed by atoms with van der Waals surface area (Å²) in [4.78, 5) is 11.1. The average Bonchev–Trinajstić information content (AvgIpc) is 2.24. The van der Waals surface area contributed by atoms with Gasteiger partial charge in [-0.05, 0) is 12.8 Å². The quantitative estimate of drug-likeness (QED) is 0.413. The van der Waals surface area contributed by atoms with Gasteiger partial charge in [-0.2, -0.15) is 0 Å². The molecule has 4 nitrogen and oxygen atoms in total. The zero-order valence-corrected chi connectivity index (χ0v) is 10.6. The van der Waals surface area contributed by atoms with Crippen molar-refractivity contribution in [1.29, 1.82) is 0 Å². The van der Waals surface area contributed by atoms with Gasteiger partial charge in [0.05, 0.1) is 0 Å². The fourth-order valence-electron chi connectivity index (χ4n) is 2.42. The van der Waals surface area contributed by atoms with E-state index in [2.05, 4.69) is 6.92 Å². The van der Waals surface area contributed by atoms with Gasteiger partial charge in [0.2, 0.25) is 5.54 Å². The van der Waals surface area contributed by atoms with Crippen LogP contribution in [0, 0.1) is 16.0 Å². The van der Waals surface area contributed by atoms with Crippen molar-refractivity contribution in [3.8, 4) is 0 Å². The van der Waals surface area contributed by atoms with Crippen LogP contribution in [-0.4, -0.2) is 23.2 Å². The highest BCUT2D eigenvalue weighted by Gasteiger charge is 2.52. The van der Waals surface area contributed by atoms with Crippen molar-refractivity contribution in [2.45, 2.75) is 64.5 Å². The number of unbranched alkanes of at least 4 members (excludes halogenated alkanes) is 2. The number of hydrogen-bond donors (Lipinski definition) is 0. The molecule has 1 saturated heterocycles. The minimum atomic E-state index is -0.897. The number of nitrogens with zero attached hydrogens (tertiary/aromatic N) is 1. The highest BCUT2D eigenvalue weighted by atomic mass is 16.6. The third-order valence-corrected chi connectivity index (χ3v) is 3.98. The smallest absolute Gasteiger partial charge is 0.247 e. The Morgan fingerprint density at radius 3 is 2.75 bits per heavy atom. The van der Waals surface area contributed by atoms with Crippen LogP contribution in [0.4, 0.5) is 0 Å². The summed E-state index contributed by atoms with van der Waals surface area (Å²) in [6.07, 6.45) is 4.69. The van der Waals surface area contributed by atoms with Crippen molar-refractivity contribution in [3.05, 3.63) is 10.1 Å². The van der Waals surface area contributed by atoms with Crippen LogP contribution >= 0.6 is 0 Å². The lowest BCUT2D eigenvalue weighted by Crippen LogP contribution is -2.56. The minimum absolute atomic E-state index is 0.0999. The monoisotopic (exact) mass is 229 g/mol. The molecule has 1 rings (SSSR count). The van der Waals surface area contributed by atoms with Crippen LogP contribution in [-0.2, 0) is 4.74 Å². The highest BCUT2D eigenvalue weighted by Crippen LogP contribution is 2.35. The molecular formula is C12H23NO3. The van der Waals surface area contributed by atoms with Crippen LogP contribution in [0.1, 0.15) is 52.9 Å². The molecule has 0 aromatic rings. The molecule has 0 saturated carbocycles. The zero-order valence-electron chi connectivity index (χ0n) is 10.6. The van der Waals surface area contributed by atoms with Gasteiger partial charge in [0.15, 0.2) is 0 Å². The second-order valence-electron chi connectivity index (χ2n) is 5.03. The second-order valence-corrected chi connectivity index (χ2v) is 5.03. The van der Waals surface area contributed by atoms with E-state index in [0.717, 1.165) is 32.1 Å². The first-order valence-electron chi connectivity index (χ1n) is 6.29. The standard InChI is InChI=1S/C12H23NO3/c1-4-5-6-7-11-12(3,13(14)15)10(2)8-9-16-11/h10-11H,4-9H2,1-3H3/t10-,11-,12+/m1/s1. The van der Waals surface area contributed by atoms with E-state index in [1.807, 2.05) is 6.92 Å². The second kappa shape index (κ2) is 5.62. The van der Waals surface area contributed by atoms with Gasteiger partial charge in [-0.15, -0.1) is 0 Å². The first-order chi connectivity index (χ1) is 7.53. The number of ether oxygens (including phenoxy) is 1. The summed E-state index contributed by atoms with van der Waals surface area (Å²) < 4.78 is 5.63. The summed E-state index contributed by atoms with van der Waals surface area (Å²) in [5, 5.41) is 11.3. The molecule has 0 spiro atoms. The maximum atomic E-state index is 11.3. The molecule has 4 heteroatoms. The number of nitro groups is 1. The molecule has 0 radical (unpaired) electrons. The Kier molecular flexibility index (Phi) is 4.71. The average molecular weight is 229 g/mol. The predicted molar refractivity (Wildman–Crippen MR) is 63.1 cm³/mol. The Bertz CT molecular complexity index is 244. The Balaban J connectivity index is 2.67. The van der Waals surface area contributed by atoms with Gasteiger partial charge in [-0.25, -0.2) is 0 Å². The topological polar surface area (TPSA) is 52.4 Å². The molecule has 0 aliphatic carbocycles. The predicted octanol–water partition coefficient (Wildman–Crippen LogP) is 3.03. The molecule has 1 heterocycles. The summed E-state index contributed by atoms with van der Waals surface area (Å²) in [5.74, 6) is 0.0999. The molecule has 1 aliphatic heterocycles. The van der Waals surface area contributed by atoms with Gasteiger partial charge in [0, 0.05) is 24.4 Å². The summed E-state index contributed by atoms with van der Waals surface area (Å²) in [5.41, 5.74) is -0.897. The fourth-order valence-corrected chi connectivity index (χ4v) is 2.42. The summed E-state index contributed by atoms with van der Waals surface area (Å²) in [6.45, 7) is 6.52. The first-order valence-corrected chi connectivity index (χ1v) is 6.29. The van der Waals surface area contributed by atoms with E-state index in [4.69, 9.17) is 4.74 Å². The SMILES string of the molecule is CCCCC[C@H]1OCC[C@@H](C)[C@]1(C)[N+](=O)[O-]. The van der Waals surface area contributed by atoms with Crippen molar-refractivity contribution in [3.63, 3.8) is 0 Å². The van der Waals surface area contributed by atoms with Crippen molar-refractivity contribution >= 4 is 0 Å². The molecule has 0 N–H and O–H groups in total. The van der Waals surface area contributed by atoms with Crippen molar-refractivity contribution in [1.82, 2.24) is 0 Å². The lowest BCUT2D eigenvalue weighted by atomic mass is 9.77. The van der Waals surface area contributed by atoms with Gasteiger partial charge in [-0.1, -0.05) is 33.1 Å². The third kappa shape index (κ3) is 2.54. The molecule has 3 atom stereocenters. The summed E-state index contributed by atoms with van der Waals surface area (Å²) in [6, 6.07) is 0. The van der Waals surface area contributed by atoms with E-state index in [1.54, 1.807) is 6.92 Å². The van der Waals surface area contributed by atoms with Gasteiger partial charge in [0.25, 0.3) is 0 Å². The molecule has 16 heavy (non-hydrogen) atoms. The molecule has 1 fully saturated rings. The Morgan fingerprint density at radius 1 is 1.50 bits per heavy atom. The van der Waals surface area contributed by atoms with Crippen molar-refractivity contribution in [2.24, 2.45) is 5.92 Å². The van der Waals surface area contributed by atoms with E-state index < -0.39 is 5.54 Å². The lowest BCUT2D eigenvalue weighted by molar-refractivity contribution is -0.595. The lowest BCUT2D eigenvalue weighted by Gasteiger charge is -2.38. The number of hydrogen-bond acceptors (Lipinski definition) is 3. The number of rotatable bonds is 5. The normalized spacial score (nSPS) is 34.9. The maximum Gasteiger partial charge on any atom is 0.247 e. The molecular weight excluding hydrogens is 206 g/mol. The molecule has 0 amide bonds. The van der Waals surface area contributed by atoms with E-state index in [-0.39, 0.29) is 16.9 Å². The fraction of sp³-hybridized carbons (Fsp3) is 1.00. The van der Waals surface area contributed by atoms with Gasteiger partial charge >= 0.3 is 0 Å². The van der Waals surface area contributed by atoms with Crippen LogP contribution in [0.15, 0.2) is 0 Å². The van der Waals surface area contributed by atoms with E-state index in [1.165, 1.54) is 0 Å². The Morgan fingerprint density at radius 2 is 2.19 bits per heavy atom. The molecule has 0 unspecified atom stereocenters. The Hall–Kier alpha value is -0.640. The molecule has 0 aromatic heterocycles. The van der Waals surface area contributed by atoms with Crippen molar-refractivity contribution < 1.29 is 9.66 Å². The largest absolute Gasteiger partial charge is 0.371 e. The summed E-state index contributed by atoms with van der Waals surface area (Å²) >= 11 is 0. The van der Waals surface area contributed by atoms with Crippen LogP contribution in [0.2, 0.25) is 0 Å². The molecule has 0 aromatic carbocycles. The van der Waals surface area contributed by atoms with Crippen LogP contribution in [0.5, 0.6) is 0 Å². The van der Waals surface area contributed by atoms with Gasteiger partial charge in [0.1, 0.15) is 6.10 Å². The van der Waals surface area contributed by atoms with Crippen molar-refractivity contribution in [2.75, 3.05) is 6.61 Å². The molecule has 0 bridgehead atoms. The van der Waals surface area contributed by atoms with E-state index in [9.17, 15) is 10.1 Å². The van der Waals surface area contributed by atoms with E-state index >= 15 is 0 Å². The third-order valence-electron chi connectivity index (χ3n) is 3.98. The maximum absolute atomic E-state index is 11.3. The van der Waals surface area contributed by atoms with Crippen LogP contribution in [0.25, 0.3) is 0 Å². The molecule has 94 valence electrons. The highest BCUT2D eigenvalue weighted by molar-refractivity contribution is 4.91. The van der Waals surface area contributed by atoms with Gasteiger partial charge < -0.3 is 4.74 Å². The van der Waals surface area contributed by atoms with E-state index in [0.29, 0.717) is 6.61 Å². The Labute approximate surface area is 97.5 Å².